The average molecular weight is 687 g/mol. The lowest BCUT2D eigenvalue weighted by molar-refractivity contribution is -0.168. The summed E-state index contributed by atoms with van der Waals surface area (Å²) < 4.78 is 44.6. The van der Waals surface area contributed by atoms with Crippen molar-refractivity contribution in [3.63, 3.8) is 0 Å². The lowest BCUT2D eigenvalue weighted by Gasteiger charge is -2.34. The Morgan fingerprint density at radius 1 is 1.17 bits per heavy atom. The number of hydrogen-bond acceptors (Lipinski definition) is 13. The number of nitrogens with two attached hydrogens (primary N) is 1. The smallest absolute Gasteiger partial charge is 0.459 e. The number of esters is 2. The fraction of sp³-hybridized carbons (Fsp3) is 0.531. The summed E-state index contributed by atoms with van der Waals surface area (Å²) in [5, 5.41) is 29.5. The van der Waals surface area contributed by atoms with Crippen molar-refractivity contribution >= 4 is 31.0 Å². The quantitative estimate of drug-likeness (QED) is 0.153. The Balaban J connectivity index is 1.68. The first kappa shape index (κ1) is 36.8. The number of nitriles is 1. The van der Waals surface area contributed by atoms with Crippen LogP contribution in [0.4, 0.5) is 5.82 Å². The van der Waals surface area contributed by atoms with Gasteiger partial charge in [0.1, 0.15) is 41.4 Å². The minimum absolute atomic E-state index is 0.0721. The van der Waals surface area contributed by atoms with E-state index in [-0.39, 0.29) is 29.8 Å². The summed E-state index contributed by atoms with van der Waals surface area (Å²) in [6.07, 6.45) is -0.0663. The second-order valence-corrected chi connectivity index (χ2v) is 13.8. The van der Waals surface area contributed by atoms with Crippen LogP contribution in [0, 0.1) is 23.2 Å². The Hall–Kier alpha value is -4.06. The van der Waals surface area contributed by atoms with Crippen LogP contribution in [-0.2, 0) is 38.5 Å². The van der Waals surface area contributed by atoms with E-state index in [1.807, 2.05) is 19.9 Å². The summed E-state index contributed by atoms with van der Waals surface area (Å²) in [6.45, 7) is 9.51. The first-order valence-electron chi connectivity index (χ1n) is 15.8. The van der Waals surface area contributed by atoms with Crippen LogP contribution < -0.4 is 15.3 Å². The van der Waals surface area contributed by atoms with E-state index in [2.05, 4.69) is 15.2 Å². The molecule has 260 valence electrons. The van der Waals surface area contributed by atoms with E-state index in [4.69, 9.17) is 29.0 Å². The first-order chi connectivity index (χ1) is 22.7. The van der Waals surface area contributed by atoms with Crippen LogP contribution in [0.1, 0.15) is 60.1 Å². The van der Waals surface area contributed by atoms with Crippen LogP contribution in [0.5, 0.6) is 5.75 Å². The number of benzene rings is 1. The zero-order valence-corrected chi connectivity index (χ0v) is 28.8. The van der Waals surface area contributed by atoms with Gasteiger partial charge in [-0.2, -0.15) is 15.4 Å². The van der Waals surface area contributed by atoms with Crippen LogP contribution in [0.3, 0.4) is 0 Å². The minimum Gasteiger partial charge on any atom is -0.464 e. The van der Waals surface area contributed by atoms with E-state index in [1.165, 1.54) is 30.8 Å². The molecule has 0 bridgehead atoms. The first-order valence-corrected chi connectivity index (χ1v) is 17.3. The van der Waals surface area contributed by atoms with Gasteiger partial charge in [0.05, 0.1) is 24.8 Å². The van der Waals surface area contributed by atoms with Crippen molar-refractivity contribution in [3.05, 3.63) is 54.5 Å². The number of nitrogens with one attached hydrogen (secondary N) is 1. The predicted octanol–water partition coefficient (Wildman–Crippen LogP) is 3.91. The minimum atomic E-state index is -4.42. The van der Waals surface area contributed by atoms with Gasteiger partial charge in [0.25, 0.3) is 0 Å². The highest BCUT2D eigenvalue weighted by molar-refractivity contribution is 7.52. The normalized spacial score (nSPS) is 24.2. The maximum absolute atomic E-state index is 14.3. The molecule has 1 aromatic carbocycles. The molecule has 16 heteroatoms. The number of nitrogens with zero attached hydrogens (tertiary/aromatic N) is 4. The van der Waals surface area contributed by atoms with E-state index in [9.17, 15) is 24.5 Å². The van der Waals surface area contributed by atoms with Crippen LogP contribution in [0.2, 0.25) is 0 Å². The molecule has 0 radical (unpaired) electrons. The second-order valence-electron chi connectivity index (χ2n) is 12.1. The van der Waals surface area contributed by atoms with Crippen LogP contribution >= 0.6 is 7.75 Å². The third kappa shape index (κ3) is 7.48. The summed E-state index contributed by atoms with van der Waals surface area (Å²) in [4.78, 5) is 29.7. The molecule has 1 aliphatic rings. The molecule has 1 aliphatic heterocycles. The standard InChI is InChI=1S/C32H43N6O9P/c1-7-22(8-2)16-43-30(40)21(5)37-48(42,47-23-12-10-9-11-13-23)44-17-25-27(45-29(39)20(3)4)31(6,41)32(18-33,46-25)26-15-14-24-28(34)35-19-36-38(24)26/h9-15,19-22,25,27,41H,7-8,16-17H2,1-6H3,(H,37,42)(H2,34,35,36)/t21-,25+,27+,31+,32-,48-/m0/s1. The molecule has 4 N–H and O–H groups in total. The van der Waals surface area contributed by atoms with Gasteiger partial charge in [-0.15, -0.1) is 0 Å². The molecule has 1 fully saturated rings. The number of fused-ring (bicyclic) bond motifs is 1. The van der Waals surface area contributed by atoms with E-state index in [0.717, 1.165) is 12.8 Å². The zero-order valence-electron chi connectivity index (χ0n) is 27.9. The van der Waals surface area contributed by atoms with Gasteiger partial charge in [-0.05, 0) is 44.0 Å². The van der Waals surface area contributed by atoms with Crippen molar-refractivity contribution in [2.75, 3.05) is 18.9 Å². The third-order valence-corrected chi connectivity index (χ3v) is 9.99. The lowest BCUT2D eigenvalue weighted by Crippen LogP contribution is -2.54. The van der Waals surface area contributed by atoms with E-state index in [1.54, 1.807) is 50.2 Å². The second kappa shape index (κ2) is 15.0. The highest BCUT2D eigenvalue weighted by atomic mass is 31.2. The maximum atomic E-state index is 14.3. The van der Waals surface area contributed by atoms with Gasteiger partial charge in [-0.25, -0.2) is 14.1 Å². The highest BCUT2D eigenvalue weighted by Crippen LogP contribution is 2.51. The Kier molecular flexibility index (Phi) is 11.5. The Labute approximate surface area is 279 Å². The monoisotopic (exact) mass is 686 g/mol. The molecule has 0 spiro atoms. The molecule has 4 rings (SSSR count). The number of aliphatic hydroxyl groups is 1. The van der Waals surface area contributed by atoms with Crippen LogP contribution in [-0.4, -0.2) is 68.7 Å². The largest absolute Gasteiger partial charge is 0.464 e. The van der Waals surface area contributed by atoms with Crippen molar-refractivity contribution in [2.24, 2.45) is 11.8 Å². The summed E-state index contributed by atoms with van der Waals surface area (Å²) in [5.74, 6) is -1.52. The van der Waals surface area contributed by atoms with E-state index < -0.39 is 61.7 Å². The molecular formula is C32H43N6O9P. The Bertz CT molecular complexity index is 1670. The molecule has 3 aromatic rings. The van der Waals surface area contributed by atoms with Crippen LogP contribution in [0.25, 0.3) is 5.52 Å². The maximum Gasteiger partial charge on any atom is 0.459 e. The molecule has 6 atom stereocenters. The van der Waals surface area contributed by atoms with Gasteiger partial charge >= 0.3 is 19.7 Å². The third-order valence-electron chi connectivity index (χ3n) is 8.35. The highest BCUT2D eigenvalue weighted by Gasteiger charge is 2.67. The fourth-order valence-corrected chi connectivity index (χ4v) is 6.80. The lowest BCUT2D eigenvalue weighted by atomic mass is 9.80. The fourth-order valence-electron chi connectivity index (χ4n) is 5.30. The SMILES string of the molecule is CCC(CC)COC(=O)[C@H](C)N[P@](=O)(OC[C@H]1O[C@@](C#N)(c2ccc3c(N)ncnn23)[C@](C)(O)[C@@H]1OC(=O)C(C)C)Oc1ccccc1. The molecule has 1 saturated heterocycles. The van der Waals surface area contributed by atoms with Crippen LogP contribution in [0.15, 0.2) is 48.8 Å². The number of nitrogen functional groups attached to an aromatic ring is 1. The van der Waals surface area contributed by atoms with Gasteiger partial charge in [-0.3, -0.25) is 14.1 Å². The van der Waals surface area contributed by atoms with Crippen molar-refractivity contribution in [3.8, 4) is 11.8 Å². The molecule has 0 unspecified atom stereocenters. The number of hydrogen-bond donors (Lipinski definition) is 3. The Morgan fingerprint density at radius 2 is 1.85 bits per heavy atom. The summed E-state index contributed by atoms with van der Waals surface area (Å²) in [5.41, 5.74) is 2.02. The van der Waals surface area contributed by atoms with Crippen molar-refractivity contribution < 1.29 is 42.5 Å². The zero-order chi connectivity index (χ0) is 35.3. The number of para-hydroxylation sites is 1. The molecule has 3 heterocycles. The summed E-state index contributed by atoms with van der Waals surface area (Å²) in [7, 11) is -4.42. The predicted molar refractivity (Wildman–Crippen MR) is 173 cm³/mol. The van der Waals surface area contributed by atoms with Gasteiger partial charge in [-0.1, -0.05) is 58.7 Å². The van der Waals surface area contributed by atoms with Crippen molar-refractivity contribution in [1.29, 1.82) is 5.26 Å². The number of rotatable bonds is 15. The number of ether oxygens (including phenoxy) is 3. The van der Waals surface area contributed by atoms with E-state index in [0.29, 0.717) is 5.52 Å². The summed E-state index contributed by atoms with van der Waals surface area (Å²) >= 11 is 0. The number of carbonyl (C=O) groups excluding carboxylic acids is 2. The molecule has 2 aromatic heterocycles. The number of carbonyl (C=O) groups is 2. The van der Waals surface area contributed by atoms with E-state index >= 15 is 0 Å². The van der Waals surface area contributed by atoms with Gasteiger partial charge < -0.3 is 29.6 Å². The van der Waals surface area contributed by atoms with Gasteiger partial charge in [0.2, 0.25) is 5.60 Å². The number of anilines is 1. The Morgan fingerprint density at radius 3 is 2.48 bits per heavy atom. The van der Waals surface area contributed by atoms with Gasteiger partial charge in [0.15, 0.2) is 11.9 Å². The molecule has 0 aliphatic carbocycles. The van der Waals surface area contributed by atoms with Crippen molar-refractivity contribution in [2.45, 2.75) is 83.8 Å². The molecular weight excluding hydrogens is 643 g/mol. The number of aromatic nitrogens is 3. The topological polar surface area (TPSA) is 210 Å². The molecule has 0 amide bonds. The van der Waals surface area contributed by atoms with Gasteiger partial charge in [0, 0.05) is 0 Å². The van der Waals surface area contributed by atoms with Crippen molar-refractivity contribution in [1.82, 2.24) is 19.7 Å². The average Bonchev–Trinajstić information content (AvgIpc) is 3.58. The molecule has 0 saturated carbocycles. The molecule has 48 heavy (non-hydrogen) atoms. The molecule has 15 nitrogen and oxygen atoms in total. The summed E-state index contributed by atoms with van der Waals surface area (Å²) in [6, 6.07) is 12.1.